The Balaban J connectivity index is 2.19. The molecule has 4 nitrogen and oxygen atoms in total. The molecule has 6 heteroatoms. The minimum atomic E-state index is -0.367. The Labute approximate surface area is 107 Å². The van der Waals surface area contributed by atoms with E-state index in [0.717, 1.165) is 11.1 Å². The normalized spacial score (nSPS) is 10.4. The summed E-state index contributed by atoms with van der Waals surface area (Å²) in [5.41, 5.74) is 1.99. The Morgan fingerprint density at radius 2 is 0.944 bits per heavy atom. The fourth-order valence-electron chi connectivity index (χ4n) is 1.50. The average molecular weight is 278 g/mol. The van der Waals surface area contributed by atoms with Crippen LogP contribution in [0.4, 0.5) is 0 Å². The molecular formula is C12H8O4P2. The van der Waals surface area contributed by atoms with Gasteiger partial charge in [-0.3, -0.25) is 0 Å². The van der Waals surface area contributed by atoms with Gasteiger partial charge in [0.15, 0.2) is 0 Å². The summed E-state index contributed by atoms with van der Waals surface area (Å²) in [6.07, 6.45) is 0. The maximum absolute atomic E-state index is 10.3. The Morgan fingerprint density at radius 1 is 0.611 bits per heavy atom. The van der Waals surface area contributed by atoms with Gasteiger partial charge in [0.05, 0.1) is 0 Å². The summed E-state index contributed by atoms with van der Waals surface area (Å²) in [6, 6.07) is 14.4. The van der Waals surface area contributed by atoms with Gasteiger partial charge in [0.2, 0.25) is 0 Å². The number of hydrogen-bond acceptors (Lipinski definition) is 4. The van der Waals surface area contributed by atoms with E-state index in [1.54, 1.807) is 24.3 Å². The molecule has 0 atom stereocenters. The second-order valence-corrected chi connectivity index (χ2v) is 4.04. The van der Waals surface area contributed by atoms with Gasteiger partial charge in [-0.05, 0) is 35.4 Å². The second kappa shape index (κ2) is 6.25. The second-order valence-electron chi connectivity index (χ2n) is 3.38. The van der Waals surface area contributed by atoms with Gasteiger partial charge in [-0.15, -0.1) is 0 Å². The highest BCUT2D eigenvalue weighted by atomic mass is 31.1. The zero-order chi connectivity index (χ0) is 12.8. The quantitative estimate of drug-likeness (QED) is 0.754. The lowest BCUT2D eigenvalue weighted by molar-refractivity contribution is 0.524. The van der Waals surface area contributed by atoms with Crippen molar-refractivity contribution in [3.8, 4) is 22.6 Å². The predicted octanol–water partition coefficient (Wildman–Crippen LogP) is 4.52. The summed E-state index contributed by atoms with van der Waals surface area (Å²) < 4.78 is 30.1. The molecule has 0 saturated heterocycles. The van der Waals surface area contributed by atoms with Crippen LogP contribution in [0.5, 0.6) is 11.5 Å². The predicted molar refractivity (Wildman–Crippen MR) is 68.3 cm³/mol. The van der Waals surface area contributed by atoms with Gasteiger partial charge in [-0.1, -0.05) is 24.3 Å². The van der Waals surface area contributed by atoms with E-state index in [1.807, 2.05) is 24.3 Å². The van der Waals surface area contributed by atoms with Crippen molar-refractivity contribution in [3.05, 3.63) is 48.5 Å². The number of benzene rings is 2. The van der Waals surface area contributed by atoms with Gasteiger partial charge in [-0.25, -0.2) is 9.13 Å². The van der Waals surface area contributed by atoms with Crippen LogP contribution in [-0.2, 0) is 9.13 Å². The van der Waals surface area contributed by atoms with Crippen molar-refractivity contribution in [1.82, 2.24) is 0 Å². The molecule has 0 saturated carbocycles. The maximum atomic E-state index is 10.3. The monoisotopic (exact) mass is 278 g/mol. The van der Waals surface area contributed by atoms with E-state index < -0.39 is 0 Å². The van der Waals surface area contributed by atoms with Crippen molar-refractivity contribution in [2.45, 2.75) is 0 Å². The minimum Gasteiger partial charge on any atom is -0.408 e. The molecule has 18 heavy (non-hydrogen) atoms. The first-order valence-corrected chi connectivity index (χ1v) is 6.49. The highest BCUT2D eigenvalue weighted by Gasteiger charge is 2.00. The smallest absolute Gasteiger partial charge is 0.395 e. The van der Waals surface area contributed by atoms with Gasteiger partial charge >= 0.3 is 17.4 Å². The molecule has 0 heterocycles. The Bertz CT molecular complexity index is 486. The van der Waals surface area contributed by atoms with E-state index in [1.165, 1.54) is 0 Å². The number of hydrogen-bond donors (Lipinski definition) is 0. The molecule has 0 aliphatic heterocycles. The first kappa shape index (κ1) is 12.7. The van der Waals surface area contributed by atoms with Crippen molar-refractivity contribution in [1.29, 1.82) is 0 Å². The first-order valence-electron chi connectivity index (χ1n) is 5.03. The molecule has 2 aromatic rings. The standard InChI is InChI=1S/C12H8O4P2/c13-17-15-11-5-1-9(2-6-11)10-3-7-12(8-4-10)16-18-14/h1-8H. The van der Waals surface area contributed by atoms with E-state index in [-0.39, 0.29) is 17.4 Å². The molecule has 2 aromatic carbocycles. The topological polar surface area (TPSA) is 52.6 Å². The average Bonchev–Trinajstić information content (AvgIpc) is 2.41. The summed E-state index contributed by atoms with van der Waals surface area (Å²) in [7, 11) is -0.733. The molecule has 0 aromatic heterocycles. The van der Waals surface area contributed by atoms with Gasteiger partial charge in [-0.2, -0.15) is 0 Å². The van der Waals surface area contributed by atoms with Crippen LogP contribution >= 0.6 is 17.4 Å². The zero-order valence-corrected chi connectivity index (χ0v) is 10.9. The zero-order valence-electron chi connectivity index (χ0n) is 9.15. The molecule has 0 N–H and O–H groups in total. The fourth-order valence-corrected chi connectivity index (χ4v) is 1.92. The van der Waals surface area contributed by atoms with E-state index in [4.69, 9.17) is 9.05 Å². The summed E-state index contributed by atoms with van der Waals surface area (Å²) in [6.45, 7) is 0. The summed E-state index contributed by atoms with van der Waals surface area (Å²) in [5.74, 6) is 1.08. The molecule has 0 aliphatic rings. The molecule has 0 unspecified atom stereocenters. The first-order chi connectivity index (χ1) is 8.83. The minimum absolute atomic E-state index is 0.367. The van der Waals surface area contributed by atoms with E-state index >= 15 is 0 Å². The van der Waals surface area contributed by atoms with Crippen LogP contribution < -0.4 is 9.05 Å². The van der Waals surface area contributed by atoms with Gasteiger partial charge in [0.25, 0.3) is 0 Å². The lowest BCUT2D eigenvalue weighted by Crippen LogP contribution is -1.80. The molecule has 0 aliphatic carbocycles. The largest absolute Gasteiger partial charge is 0.408 e. The van der Waals surface area contributed by atoms with Crippen molar-refractivity contribution in [2.75, 3.05) is 0 Å². The van der Waals surface area contributed by atoms with Crippen molar-refractivity contribution < 1.29 is 18.2 Å². The SMILES string of the molecule is O=POc1ccc(-c2ccc(OP=O)cc2)cc1. The highest BCUT2D eigenvalue weighted by molar-refractivity contribution is 7.18. The Morgan fingerprint density at radius 3 is 1.22 bits per heavy atom. The van der Waals surface area contributed by atoms with Crippen LogP contribution in [0.3, 0.4) is 0 Å². The van der Waals surface area contributed by atoms with Crippen LogP contribution in [-0.4, -0.2) is 0 Å². The summed E-state index contributed by atoms with van der Waals surface area (Å²) >= 11 is 0. The highest BCUT2D eigenvalue weighted by Crippen LogP contribution is 2.26. The molecule has 0 amide bonds. The van der Waals surface area contributed by atoms with Gasteiger partial charge in [0, 0.05) is 0 Å². The van der Waals surface area contributed by atoms with E-state index in [0.29, 0.717) is 11.5 Å². The van der Waals surface area contributed by atoms with Crippen molar-refractivity contribution in [2.24, 2.45) is 0 Å². The number of rotatable bonds is 5. The van der Waals surface area contributed by atoms with E-state index in [2.05, 4.69) is 0 Å². The van der Waals surface area contributed by atoms with Crippen molar-refractivity contribution >= 4 is 17.4 Å². The summed E-state index contributed by atoms with van der Waals surface area (Å²) in [4.78, 5) is 0. The lowest BCUT2D eigenvalue weighted by atomic mass is 10.1. The molecule has 0 bridgehead atoms. The fraction of sp³-hybridized carbons (Fsp3) is 0. The molecule has 0 fully saturated rings. The third-order valence-electron chi connectivity index (χ3n) is 2.33. The molecule has 0 spiro atoms. The molecular weight excluding hydrogens is 270 g/mol. The van der Waals surface area contributed by atoms with Crippen LogP contribution in [0, 0.1) is 0 Å². The van der Waals surface area contributed by atoms with E-state index in [9.17, 15) is 9.13 Å². The molecule has 0 radical (unpaired) electrons. The van der Waals surface area contributed by atoms with Gasteiger partial charge < -0.3 is 9.05 Å². The molecule has 2 rings (SSSR count). The van der Waals surface area contributed by atoms with Crippen LogP contribution in [0.15, 0.2) is 48.5 Å². The maximum Gasteiger partial charge on any atom is 0.395 e. The Hall–Kier alpha value is -1.76. The van der Waals surface area contributed by atoms with Crippen LogP contribution in [0.25, 0.3) is 11.1 Å². The molecule has 90 valence electrons. The van der Waals surface area contributed by atoms with Gasteiger partial charge in [0.1, 0.15) is 11.5 Å². The lowest BCUT2D eigenvalue weighted by Gasteiger charge is -2.03. The third-order valence-corrected chi connectivity index (χ3v) is 2.90. The van der Waals surface area contributed by atoms with Crippen LogP contribution in [0.1, 0.15) is 0 Å². The Kier molecular flexibility index (Phi) is 4.40. The summed E-state index contributed by atoms with van der Waals surface area (Å²) in [5, 5.41) is 0. The van der Waals surface area contributed by atoms with Crippen LogP contribution in [0.2, 0.25) is 0 Å². The third kappa shape index (κ3) is 3.13. The van der Waals surface area contributed by atoms with Crippen molar-refractivity contribution in [3.63, 3.8) is 0 Å².